The number of hydrogen-bond acceptors (Lipinski definition) is 5. The maximum atomic E-state index is 12.2. The molecule has 0 aromatic heterocycles. The second kappa shape index (κ2) is 7.21. The van der Waals surface area contributed by atoms with E-state index >= 15 is 0 Å². The Bertz CT molecular complexity index is 603. The summed E-state index contributed by atoms with van der Waals surface area (Å²) in [4.78, 5) is 11.8. The monoisotopic (exact) mass is 327 g/mol. The van der Waals surface area contributed by atoms with Gasteiger partial charge in [-0.2, -0.15) is 0 Å². The first-order chi connectivity index (χ1) is 10.4. The van der Waals surface area contributed by atoms with Gasteiger partial charge in [0.15, 0.2) is 0 Å². The zero-order chi connectivity index (χ0) is 16.2. The largest absolute Gasteiger partial charge is 0.459 e. The molecule has 1 aromatic rings. The van der Waals surface area contributed by atoms with Gasteiger partial charge in [-0.25, -0.2) is 17.9 Å². The van der Waals surface area contributed by atoms with Gasteiger partial charge in [0.25, 0.3) is 0 Å². The number of nitrogens with one attached hydrogen (secondary N) is 1. The first-order valence-corrected chi connectivity index (χ1v) is 8.79. The van der Waals surface area contributed by atoms with E-state index in [-0.39, 0.29) is 23.6 Å². The molecule has 22 heavy (non-hydrogen) atoms. The molecule has 7 heteroatoms. The molecule has 1 aliphatic heterocycles. The lowest BCUT2D eigenvalue weighted by Gasteiger charge is -2.12. The van der Waals surface area contributed by atoms with Crippen LogP contribution in [0.1, 0.15) is 37.0 Å². The third-order valence-corrected chi connectivity index (χ3v) is 4.71. The Balaban J connectivity index is 2.00. The standard InChI is InChI=1S/C15H21NO5S/c1-11(2)21-15(17)12-5-7-14(8-6-12)22(18,19)16-10-13-4-3-9-20-13/h5-8,11,13,16H,3-4,9-10H2,1-2H3. The summed E-state index contributed by atoms with van der Waals surface area (Å²) in [5, 5.41) is 0. The highest BCUT2D eigenvalue weighted by molar-refractivity contribution is 7.89. The zero-order valence-electron chi connectivity index (χ0n) is 12.7. The van der Waals surface area contributed by atoms with Gasteiger partial charge in [0.1, 0.15) is 0 Å². The number of esters is 1. The van der Waals surface area contributed by atoms with Crippen molar-refractivity contribution in [2.24, 2.45) is 0 Å². The highest BCUT2D eigenvalue weighted by Gasteiger charge is 2.20. The van der Waals surface area contributed by atoms with Crippen molar-refractivity contribution in [3.63, 3.8) is 0 Å². The van der Waals surface area contributed by atoms with Crippen LogP contribution in [0.25, 0.3) is 0 Å². The number of rotatable bonds is 6. The Morgan fingerprint density at radius 2 is 2.05 bits per heavy atom. The van der Waals surface area contributed by atoms with Crippen LogP contribution >= 0.6 is 0 Å². The van der Waals surface area contributed by atoms with E-state index in [0.717, 1.165) is 12.8 Å². The summed E-state index contributed by atoms with van der Waals surface area (Å²) >= 11 is 0. The molecule has 0 radical (unpaired) electrons. The Labute approximate surface area is 130 Å². The van der Waals surface area contributed by atoms with E-state index < -0.39 is 16.0 Å². The van der Waals surface area contributed by atoms with Gasteiger partial charge in [-0.05, 0) is 51.0 Å². The van der Waals surface area contributed by atoms with Gasteiger partial charge < -0.3 is 9.47 Å². The van der Waals surface area contributed by atoms with Crippen molar-refractivity contribution in [2.75, 3.05) is 13.2 Å². The highest BCUT2D eigenvalue weighted by atomic mass is 32.2. The molecule has 1 fully saturated rings. The van der Waals surface area contributed by atoms with Crippen molar-refractivity contribution in [1.82, 2.24) is 4.72 Å². The summed E-state index contributed by atoms with van der Waals surface area (Å²) in [5.74, 6) is -0.466. The molecule has 1 saturated heterocycles. The fourth-order valence-corrected chi connectivity index (χ4v) is 3.21. The Kier molecular flexibility index (Phi) is 5.55. The van der Waals surface area contributed by atoms with Crippen LogP contribution in [0, 0.1) is 0 Å². The van der Waals surface area contributed by atoms with Crippen LogP contribution in [0.2, 0.25) is 0 Å². The lowest BCUT2D eigenvalue weighted by molar-refractivity contribution is 0.0378. The lowest BCUT2D eigenvalue weighted by atomic mass is 10.2. The van der Waals surface area contributed by atoms with Gasteiger partial charge in [-0.3, -0.25) is 0 Å². The van der Waals surface area contributed by atoms with Crippen LogP contribution in [0.4, 0.5) is 0 Å². The zero-order valence-corrected chi connectivity index (χ0v) is 13.6. The molecule has 1 N–H and O–H groups in total. The number of benzene rings is 1. The fourth-order valence-electron chi connectivity index (χ4n) is 2.14. The van der Waals surface area contributed by atoms with E-state index in [2.05, 4.69) is 4.72 Å². The average Bonchev–Trinajstić information content (AvgIpc) is 2.98. The first-order valence-electron chi connectivity index (χ1n) is 7.31. The fraction of sp³-hybridized carbons (Fsp3) is 0.533. The first kappa shape index (κ1) is 16.9. The molecule has 1 unspecified atom stereocenters. The molecule has 1 aliphatic rings. The van der Waals surface area contributed by atoms with E-state index in [0.29, 0.717) is 12.2 Å². The number of ether oxygens (including phenoxy) is 2. The summed E-state index contributed by atoms with van der Waals surface area (Å²) < 4.78 is 37.3. The van der Waals surface area contributed by atoms with Gasteiger partial charge in [-0.1, -0.05) is 0 Å². The molecular weight excluding hydrogens is 306 g/mol. The van der Waals surface area contributed by atoms with Gasteiger partial charge in [-0.15, -0.1) is 0 Å². The predicted molar refractivity (Wildman–Crippen MR) is 81.2 cm³/mol. The molecule has 0 saturated carbocycles. The van der Waals surface area contributed by atoms with Gasteiger partial charge >= 0.3 is 5.97 Å². The maximum Gasteiger partial charge on any atom is 0.338 e. The van der Waals surface area contributed by atoms with Crippen LogP contribution in [0.3, 0.4) is 0 Å². The molecule has 6 nitrogen and oxygen atoms in total. The number of hydrogen-bond donors (Lipinski definition) is 1. The topological polar surface area (TPSA) is 81.7 Å². The van der Waals surface area contributed by atoms with Crippen LogP contribution in [-0.4, -0.2) is 39.7 Å². The van der Waals surface area contributed by atoms with Crippen molar-refractivity contribution in [3.8, 4) is 0 Å². The third-order valence-electron chi connectivity index (χ3n) is 3.27. The van der Waals surface area contributed by atoms with Crippen LogP contribution < -0.4 is 4.72 Å². The normalized spacial score (nSPS) is 18.6. The summed E-state index contributed by atoms with van der Waals surface area (Å²) in [6, 6.07) is 5.69. The van der Waals surface area contributed by atoms with Gasteiger partial charge in [0.2, 0.25) is 10.0 Å². The Morgan fingerprint density at radius 3 is 2.59 bits per heavy atom. The third kappa shape index (κ3) is 4.53. The van der Waals surface area contributed by atoms with Crippen molar-refractivity contribution in [3.05, 3.63) is 29.8 Å². The maximum absolute atomic E-state index is 12.2. The summed E-state index contributed by atoms with van der Waals surface area (Å²) in [7, 11) is -3.60. The minimum Gasteiger partial charge on any atom is -0.459 e. The molecule has 122 valence electrons. The molecule has 1 aromatic carbocycles. The number of carbonyl (C=O) groups is 1. The molecule has 1 atom stereocenters. The molecular formula is C15H21NO5S. The lowest BCUT2D eigenvalue weighted by Crippen LogP contribution is -2.31. The quantitative estimate of drug-likeness (QED) is 0.804. The van der Waals surface area contributed by atoms with E-state index in [1.54, 1.807) is 13.8 Å². The second-order valence-corrected chi connectivity index (χ2v) is 7.23. The molecule has 1 heterocycles. The van der Waals surface area contributed by atoms with Crippen LogP contribution in [0.5, 0.6) is 0 Å². The van der Waals surface area contributed by atoms with E-state index in [1.807, 2.05) is 0 Å². The van der Waals surface area contributed by atoms with Crippen molar-refractivity contribution >= 4 is 16.0 Å². The smallest absolute Gasteiger partial charge is 0.338 e. The predicted octanol–water partition coefficient (Wildman–Crippen LogP) is 1.71. The molecule has 0 amide bonds. The second-order valence-electron chi connectivity index (χ2n) is 5.47. The Hall–Kier alpha value is -1.44. The molecule has 0 spiro atoms. The Morgan fingerprint density at radius 1 is 1.36 bits per heavy atom. The summed E-state index contributed by atoms with van der Waals surface area (Å²) in [6.07, 6.45) is 1.54. The molecule has 2 rings (SSSR count). The van der Waals surface area contributed by atoms with Gasteiger partial charge in [0.05, 0.1) is 22.7 Å². The van der Waals surface area contributed by atoms with E-state index in [1.165, 1.54) is 24.3 Å². The average molecular weight is 327 g/mol. The number of sulfonamides is 1. The SMILES string of the molecule is CC(C)OC(=O)c1ccc(S(=O)(=O)NCC2CCCO2)cc1. The minimum atomic E-state index is -3.60. The minimum absolute atomic E-state index is 0.0601. The summed E-state index contributed by atoms with van der Waals surface area (Å²) in [6.45, 7) is 4.45. The summed E-state index contributed by atoms with van der Waals surface area (Å²) in [5.41, 5.74) is 0.326. The van der Waals surface area contributed by atoms with Crippen molar-refractivity contribution in [2.45, 2.75) is 43.8 Å². The van der Waals surface area contributed by atoms with Crippen molar-refractivity contribution < 1.29 is 22.7 Å². The van der Waals surface area contributed by atoms with E-state index in [9.17, 15) is 13.2 Å². The number of carbonyl (C=O) groups excluding carboxylic acids is 1. The van der Waals surface area contributed by atoms with Gasteiger partial charge in [0, 0.05) is 13.2 Å². The van der Waals surface area contributed by atoms with E-state index in [4.69, 9.17) is 9.47 Å². The van der Waals surface area contributed by atoms with Crippen LogP contribution in [0.15, 0.2) is 29.2 Å². The van der Waals surface area contributed by atoms with Crippen LogP contribution in [-0.2, 0) is 19.5 Å². The highest BCUT2D eigenvalue weighted by Crippen LogP contribution is 2.14. The molecule has 0 aliphatic carbocycles. The van der Waals surface area contributed by atoms with Crippen molar-refractivity contribution in [1.29, 1.82) is 0 Å². The molecule has 0 bridgehead atoms.